The van der Waals surface area contributed by atoms with Crippen molar-refractivity contribution in [3.63, 3.8) is 0 Å². The van der Waals surface area contributed by atoms with E-state index in [9.17, 15) is 5.11 Å². The number of guanidine groups is 1. The molecular weight excluding hydrogens is 417 g/mol. The lowest BCUT2D eigenvalue weighted by Crippen LogP contribution is -2.44. The number of aryl methyl sites for hydroxylation is 1. The molecule has 24 heavy (non-hydrogen) atoms. The van der Waals surface area contributed by atoms with E-state index in [0.29, 0.717) is 19.0 Å². The van der Waals surface area contributed by atoms with Crippen molar-refractivity contribution in [1.29, 1.82) is 0 Å². The van der Waals surface area contributed by atoms with Gasteiger partial charge in [0.1, 0.15) is 5.60 Å². The second-order valence-corrected chi connectivity index (χ2v) is 5.71. The molecule has 0 aliphatic heterocycles. The Kier molecular flexibility index (Phi) is 8.20. The van der Waals surface area contributed by atoms with Crippen LogP contribution in [-0.2, 0) is 19.2 Å². The van der Waals surface area contributed by atoms with Crippen LogP contribution < -0.4 is 10.6 Å². The molecule has 0 aliphatic carbocycles. The van der Waals surface area contributed by atoms with Gasteiger partial charge < -0.3 is 15.7 Å². The zero-order valence-corrected chi connectivity index (χ0v) is 16.7. The molecule has 3 N–H and O–H groups in total. The van der Waals surface area contributed by atoms with Crippen LogP contribution in [0.25, 0.3) is 0 Å². The summed E-state index contributed by atoms with van der Waals surface area (Å²) in [5.41, 5.74) is 0.895. The number of rotatable bonds is 6. The van der Waals surface area contributed by atoms with Gasteiger partial charge in [-0.2, -0.15) is 5.10 Å². The van der Waals surface area contributed by atoms with E-state index < -0.39 is 5.60 Å². The summed E-state index contributed by atoms with van der Waals surface area (Å²) in [6.45, 7) is 5.47. The predicted octanol–water partition coefficient (Wildman–Crippen LogP) is 2.00. The van der Waals surface area contributed by atoms with Crippen LogP contribution in [-0.4, -0.2) is 33.9 Å². The van der Waals surface area contributed by atoms with Gasteiger partial charge in [0.05, 0.1) is 19.3 Å². The molecule has 7 heteroatoms. The fraction of sp³-hybridized carbons (Fsp3) is 0.412. The third-order valence-corrected chi connectivity index (χ3v) is 3.53. The minimum Gasteiger partial charge on any atom is -0.383 e. The molecule has 0 bridgehead atoms. The third-order valence-electron chi connectivity index (χ3n) is 3.53. The van der Waals surface area contributed by atoms with Gasteiger partial charge in [-0.3, -0.25) is 4.68 Å². The molecule has 1 atom stereocenters. The Bertz CT molecular complexity index is 639. The van der Waals surface area contributed by atoms with Crippen LogP contribution in [0.4, 0.5) is 0 Å². The summed E-state index contributed by atoms with van der Waals surface area (Å²) < 4.78 is 1.68. The van der Waals surface area contributed by atoms with E-state index in [4.69, 9.17) is 0 Å². The molecule has 132 valence electrons. The van der Waals surface area contributed by atoms with E-state index >= 15 is 0 Å². The molecule has 1 unspecified atom stereocenters. The van der Waals surface area contributed by atoms with Gasteiger partial charge in [-0.15, -0.1) is 24.0 Å². The molecule has 0 aliphatic rings. The molecular formula is C17H26IN5O. The van der Waals surface area contributed by atoms with E-state index in [1.54, 1.807) is 17.8 Å². The smallest absolute Gasteiger partial charge is 0.191 e. The number of aromatic nitrogens is 2. The number of hydrogen-bond acceptors (Lipinski definition) is 3. The fourth-order valence-electron chi connectivity index (χ4n) is 2.15. The second kappa shape index (κ2) is 9.63. The van der Waals surface area contributed by atoms with Crippen molar-refractivity contribution in [3.05, 3.63) is 53.9 Å². The summed E-state index contributed by atoms with van der Waals surface area (Å²) in [5, 5.41) is 21.1. The Hall–Kier alpha value is -1.61. The summed E-state index contributed by atoms with van der Waals surface area (Å²) in [5.74, 6) is 0.681. The van der Waals surface area contributed by atoms with Crippen molar-refractivity contribution in [2.24, 2.45) is 12.0 Å². The highest BCUT2D eigenvalue weighted by Gasteiger charge is 2.24. The van der Waals surface area contributed by atoms with Gasteiger partial charge in [0.25, 0.3) is 0 Å². The summed E-state index contributed by atoms with van der Waals surface area (Å²) in [4.78, 5) is 4.55. The predicted molar refractivity (Wildman–Crippen MR) is 107 cm³/mol. The molecule has 0 saturated carbocycles. The molecule has 2 rings (SSSR count). The number of aliphatic hydroxyl groups is 1. The van der Waals surface area contributed by atoms with Crippen LogP contribution in [0.5, 0.6) is 0 Å². The lowest BCUT2D eigenvalue weighted by Gasteiger charge is -2.23. The topological polar surface area (TPSA) is 74.5 Å². The maximum absolute atomic E-state index is 10.6. The first-order valence-electron chi connectivity index (χ1n) is 7.79. The molecule has 0 radical (unpaired) electrons. The van der Waals surface area contributed by atoms with Gasteiger partial charge in [-0.05, 0) is 19.4 Å². The Morgan fingerprint density at radius 2 is 2.00 bits per heavy atom. The molecule has 0 saturated heterocycles. The maximum Gasteiger partial charge on any atom is 0.191 e. The highest BCUT2D eigenvalue weighted by atomic mass is 127. The zero-order chi connectivity index (χ0) is 16.7. The number of halogens is 1. The van der Waals surface area contributed by atoms with E-state index in [1.165, 1.54) is 0 Å². The Labute approximate surface area is 160 Å². The van der Waals surface area contributed by atoms with Crippen molar-refractivity contribution in [2.75, 3.05) is 13.1 Å². The van der Waals surface area contributed by atoms with Crippen LogP contribution in [0.1, 0.15) is 25.0 Å². The number of aliphatic imine (C=N–C) groups is 1. The van der Waals surface area contributed by atoms with Crippen LogP contribution >= 0.6 is 24.0 Å². The first-order valence-corrected chi connectivity index (χ1v) is 7.79. The maximum atomic E-state index is 10.6. The lowest BCUT2D eigenvalue weighted by atomic mass is 10.00. The van der Waals surface area contributed by atoms with Crippen LogP contribution in [0.2, 0.25) is 0 Å². The van der Waals surface area contributed by atoms with Gasteiger partial charge in [0.2, 0.25) is 0 Å². The summed E-state index contributed by atoms with van der Waals surface area (Å²) in [7, 11) is 1.83. The van der Waals surface area contributed by atoms with Crippen LogP contribution in [0, 0.1) is 0 Å². The van der Waals surface area contributed by atoms with E-state index in [-0.39, 0.29) is 24.0 Å². The average molecular weight is 443 g/mol. The molecule has 1 aromatic carbocycles. The van der Waals surface area contributed by atoms with Gasteiger partial charge in [-0.25, -0.2) is 4.99 Å². The average Bonchev–Trinajstić information content (AvgIpc) is 2.98. The quantitative estimate of drug-likeness (QED) is 0.363. The van der Waals surface area contributed by atoms with E-state index in [2.05, 4.69) is 20.7 Å². The molecule has 0 spiro atoms. The number of benzene rings is 1. The lowest BCUT2D eigenvalue weighted by molar-refractivity contribution is 0.0616. The van der Waals surface area contributed by atoms with Crippen LogP contribution in [0.3, 0.4) is 0 Å². The second-order valence-electron chi connectivity index (χ2n) is 5.71. The van der Waals surface area contributed by atoms with Crippen molar-refractivity contribution in [1.82, 2.24) is 20.4 Å². The molecule has 1 aromatic heterocycles. The van der Waals surface area contributed by atoms with Gasteiger partial charge in [0, 0.05) is 25.4 Å². The SMILES string of the molecule is CCNC(=NCc1ccccc1)NCC(C)(O)c1cnn(C)c1.I. The van der Waals surface area contributed by atoms with E-state index in [0.717, 1.165) is 17.7 Å². The van der Waals surface area contributed by atoms with Gasteiger partial charge in [0.15, 0.2) is 5.96 Å². The molecule has 2 aromatic rings. The van der Waals surface area contributed by atoms with Crippen molar-refractivity contribution in [3.8, 4) is 0 Å². The highest BCUT2D eigenvalue weighted by Crippen LogP contribution is 2.18. The monoisotopic (exact) mass is 443 g/mol. The minimum atomic E-state index is -1.02. The normalized spacial score (nSPS) is 13.8. The standard InChI is InChI=1S/C17H25N5O.HI/c1-4-18-16(19-10-14-8-6-5-7-9-14)20-13-17(2,23)15-11-21-22(3)12-15;/h5-9,11-12,23H,4,10,13H2,1-3H3,(H2,18,19,20);1H. The van der Waals surface area contributed by atoms with Gasteiger partial charge >= 0.3 is 0 Å². The Morgan fingerprint density at radius 3 is 2.58 bits per heavy atom. The molecule has 6 nitrogen and oxygen atoms in total. The summed E-state index contributed by atoms with van der Waals surface area (Å²) >= 11 is 0. The van der Waals surface area contributed by atoms with E-state index in [1.807, 2.05) is 50.5 Å². The van der Waals surface area contributed by atoms with Crippen LogP contribution in [0.15, 0.2) is 47.7 Å². The molecule has 0 amide bonds. The zero-order valence-electron chi connectivity index (χ0n) is 14.4. The first kappa shape index (κ1) is 20.4. The summed E-state index contributed by atoms with van der Waals surface area (Å²) in [6.07, 6.45) is 3.49. The highest BCUT2D eigenvalue weighted by molar-refractivity contribution is 14.0. The Morgan fingerprint density at radius 1 is 1.29 bits per heavy atom. The molecule has 0 fully saturated rings. The third kappa shape index (κ3) is 6.12. The largest absolute Gasteiger partial charge is 0.383 e. The first-order chi connectivity index (χ1) is 11.0. The number of hydrogen-bond donors (Lipinski definition) is 3. The van der Waals surface area contributed by atoms with Crippen molar-refractivity contribution in [2.45, 2.75) is 26.0 Å². The number of nitrogens with zero attached hydrogens (tertiary/aromatic N) is 3. The molecule has 1 heterocycles. The van der Waals surface area contributed by atoms with Gasteiger partial charge in [-0.1, -0.05) is 30.3 Å². The van der Waals surface area contributed by atoms with Crippen molar-refractivity contribution >= 4 is 29.9 Å². The van der Waals surface area contributed by atoms with Crippen molar-refractivity contribution < 1.29 is 5.11 Å². The Balaban J connectivity index is 0.00000288. The number of nitrogens with one attached hydrogen (secondary N) is 2. The fourth-order valence-corrected chi connectivity index (χ4v) is 2.15. The summed E-state index contributed by atoms with van der Waals surface area (Å²) in [6, 6.07) is 10.1. The minimum absolute atomic E-state index is 0.